The first-order valence-electron chi connectivity index (χ1n) is 5.94. The fourth-order valence-electron chi connectivity index (χ4n) is 2.05. The summed E-state index contributed by atoms with van der Waals surface area (Å²) in [4.78, 5) is 5.96. The Hall–Kier alpha value is -1.81. The molecule has 0 amide bonds. The molecule has 0 saturated carbocycles. The third-order valence-corrected chi connectivity index (χ3v) is 4.19. The molecule has 0 aliphatic carbocycles. The van der Waals surface area contributed by atoms with Gasteiger partial charge in [-0.25, -0.2) is 4.98 Å². The van der Waals surface area contributed by atoms with Crippen molar-refractivity contribution in [2.24, 2.45) is 7.05 Å². The zero-order chi connectivity index (χ0) is 12.5. The van der Waals surface area contributed by atoms with Gasteiger partial charge in [-0.3, -0.25) is 0 Å². The molecule has 0 bridgehead atoms. The molecular weight excluding hydrogens is 242 g/mol. The number of thiophene rings is 1. The highest BCUT2D eigenvalue weighted by molar-refractivity contribution is 7.10. The van der Waals surface area contributed by atoms with Crippen LogP contribution >= 0.6 is 11.3 Å². The summed E-state index contributed by atoms with van der Waals surface area (Å²) >= 11 is 1.78. The number of fused-ring (bicyclic) bond motifs is 1. The van der Waals surface area contributed by atoms with Crippen molar-refractivity contribution in [1.82, 2.24) is 9.55 Å². The van der Waals surface area contributed by atoms with Crippen LogP contribution in [0.3, 0.4) is 0 Å². The molecule has 18 heavy (non-hydrogen) atoms. The summed E-state index contributed by atoms with van der Waals surface area (Å²) in [6.45, 7) is 2.98. The standard InChI is InChI=1S/C14H15N3S/c1-10-7-8-18-13(10)9-15-14-16-11-5-3-4-6-12(11)17(14)2/h3-8H,9H2,1-2H3,(H,15,16). The van der Waals surface area contributed by atoms with E-state index in [0.29, 0.717) is 0 Å². The van der Waals surface area contributed by atoms with Crippen LogP contribution in [0, 0.1) is 6.92 Å². The van der Waals surface area contributed by atoms with Crippen molar-refractivity contribution in [3.05, 3.63) is 46.2 Å². The number of nitrogens with one attached hydrogen (secondary N) is 1. The van der Waals surface area contributed by atoms with Crippen LogP contribution in [0.5, 0.6) is 0 Å². The van der Waals surface area contributed by atoms with Crippen LogP contribution in [0.25, 0.3) is 11.0 Å². The Labute approximate surface area is 110 Å². The van der Waals surface area contributed by atoms with Crippen LogP contribution in [0.1, 0.15) is 10.4 Å². The van der Waals surface area contributed by atoms with E-state index in [1.165, 1.54) is 10.4 Å². The van der Waals surface area contributed by atoms with Crippen molar-refractivity contribution in [3.8, 4) is 0 Å². The molecule has 3 rings (SSSR count). The van der Waals surface area contributed by atoms with E-state index in [-0.39, 0.29) is 0 Å². The Morgan fingerprint density at radius 3 is 2.83 bits per heavy atom. The summed E-state index contributed by atoms with van der Waals surface area (Å²) in [5, 5.41) is 5.53. The highest BCUT2D eigenvalue weighted by Crippen LogP contribution is 2.20. The molecule has 1 N–H and O–H groups in total. The van der Waals surface area contributed by atoms with Crippen molar-refractivity contribution in [2.45, 2.75) is 13.5 Å². The van der Waals surface area contributed by atoms with Crippen molar-refractivity contribution in [2.75, 3.05) is 5.32 Å². The largest absolute Gasteiger partial charge is 0.351 e. The van der Waals surface area contributed by atoms with Gasteiger partial charge in [0, 0.05) is 11.9 Å². The number of anilines is 1. The molecule has 4 heteroatoms. The van der Waals surface area contributed by atoms with E-state index in [9.17, 15) is 0 Å². The lowest BCUT2D eigenvalue weighted by Gasteiger charge is -2.05. The van der Waals surface area contributed by atoms with Crippen molar-refractivity contribution in [3.63, 3.8) is 0 Å². The highest BCUT2D eigenvalue weighted by atomic mass is 32.1. The molecular formula is C14H15N3S. The van der Waals surface area contributed by atoms with Crippen LogP contribution in [-0.2, 0) is 13.6 Å². The Kier molecular flexibility index (Phi) is 2.80. The maximum atomic E-state index is 4.60. The Balaban J connectivity index is 1.87. The number of para-hydroxylation sites is 2. The van der Waals surface area contributed by atoms with Crippen molar-refractivity contribution >= 4 is 28.3 Å². The second-order valence-corrected chi connectivity index (χ2v) is 5.36. The molecule has 92 valence electrons. The summed E-state index contributed by atoms with van der Waals surface area (Å²) in [6.07, 6.45) is 0. The number of nitrogens with zero attached hydrogens (tertiary/aromatic N) is 2. The normalized spacial score (nSPS) is 11.0. The smallest absolute Gasteiger partial charge is 0.203 e. The number of benzene rings is 1. The summed E-state index contributed by atoms with van der Waals surface area (Å²) in [5.41, 5.74) is 3.53. The zero-order valence-corrected chi connectivity index (χ0v) is 11.3. The minimum absolute atomic E-state index is 0.834. The quantitative estimate of drug-likeness (QED) is 0.777. The number of aryl methyl sites for hydroxylation is 2. The molecule has 2 aromatic heterocycles. The number of hydrogen-bond acceptors (Lipinski definition) is 3. The van der Waals surface area contributed by atoms with Gasteiger partial charge < -0.3 is 9.88 Å². The fraction of sp³-hybridized carbons (Fsp3) is 0.214. The lowest BCUT2D eigenvalue weighted by atomic mass is 10.3. The van der Waals surface area contributed by atoms with Gasteiger partial charge in [0.25, 0.3) is 0 Å². The van der Waals surface area contributed by atoms with Gasteiger partial charge in [-0.2, -0.15) is 0 Å². The maximum Gasteiger partial charge on any atom is 0.203 e. The number of rotatable bonds is 3. The molecule has 0 saturated heterocycles. The van der Waals surface area contributed by atoms with Crippen LogP contribution in [0.4, 0.5) is 5.95 Å². The van der Waals surface area contributed by atoms with Gasteiger partial charge >= 0.3 is 0 Å². The van der Waals surface area contributed by atoms with Gasteiger partial charge in [-0.1, -0.05) is 12.1 Å². The third kappa shape index (κ3) is 1.88. The number of imidazole rings is 1. The fourth-order valence-corrected chi connectivity index (χ4v) is 2.89. The number of hydrogen-bond donors (Lipinski definition) is 1. The molecule has 2 heterocycles. The third-order valence-electron chi connectivity index (χ3n) is 3.16. The van der Waals surface area contributed by atoms with Crippen LogP contribution in [0.15, 0.2) is 35.7 Å². The molecule has 1 aromatic carbocycles. The topological polar surface area (TPSA) is 29.9 Å². The first-order valence-corrected chi connectivity index (χ1v) is 6.82. The van der Waals surface area contributed by atoms with Crippen molar-refractivity contribution in [1.29, 1.82) is 0 Å². The first-order chi connectivity index (χ1) is 8.75. The molecule has 0 aliphatic rings. The molecule has 0 spiro atoms. The van der Waals surface area contributed by atoms with Gasteiger partial charge in [0.05, 0.1) is 17.6 Å². The van der Waals surface area contributed by atoms with Crippen LogP contribution in [0.2, 0.25) is 0 Å². The summed E-state index contributed by atoms with van der Waals surface area (Å²) < 4.78 is 2.10. The van der Waals surface area contributed by atoms with Gasteiger partial charge in [0.2, 0.25) is 5.95 Å². The van der Waals surface area contributed by atoms with Gasteiger partial charge in [-0.05, 0) is 36.1 Å². The minimum atomic E-state index is 0.834. The van der Waals surface area contributed by atoms with E-state index >= 15 is 0 Å². The summed E-state index contributed by atoms with van der Waals surface area (Å²) in [5.74, 6) is 0.920. The lowest BCUT2D eigenvalue weighted by molar-refractivity contribution is 0.930. The Bertz CT molecular complexity index is 681. The zero-order valence-electron chi connectivity index (χ0n) is 10.5. The summed E-state index contributed by atoms with van der Waals surface area (Å²) in [7, 11) is 2.04. The van der Waals surface area contributed by atoms with Gasteiger partial charge in [0.1, 0.15) is 0 Å². The SMILES string of the molecule is Cc1ccsc1CNc1nc2ccccc2n1C. The molecule has 0 unspecified atom stereocenters. The second kappa shape index (κ2) is 4.46. The van der Waals surface area contributed by atoms with E-state index < -0.39 is 0 Å². The minimum Gasteiger partial charge on any atom is -0.351 e. The molecule has 0 aliphatic heterocycles. The van der Waals surface area contributed by atoms with E-state index in [1.54, 1.807) is 11.3 Å². The van der Waals surface area contributed by atoms with Crippen molar-refractivity contribution < 1.29 is 0 Å². The maximum absolute atomic E-state index is 4.60. The highest BCUT2D eigenvalue weighted by Gasteiger charge is 2.07. The van der Waals surface area contributed by atoms with Gasteiger partial charge in [-0.15, -0.1) is 11.3 Å². The second-order valence-electron chi connectivity index (χ2n) is 4.36. The van der Waals surface area contributed by atoms with Crippen LogP contribution in [-0.4, -0.2) is 9.55 Å². The van der Waals surface area contributed by atoms with E-state index in [2.05, 4.69) is 39.3 Å². The predicted molar refractivity (Wildman–Crippen MR) is 77.1 cm³/mol. The monoisotopic (exact) mass is 257 g/mol. The molecule has 3 aromatic rings. The Morgan fingerprint density at radius 2 is 2.11 bits per heavy atom. The molecule has 0 radical (unpaired) electrons. The van der Waals surface area contributed by atoms with Crippen LogP contribution < -0.4 is 5.32 Å². The average molecular weight is 257 g/mol. The predicted octanol–water partition coefficient (Wildman–Crippen LogP) is 3.56. The molecule has 0 fully saturated rings. The molecule has 3 nitrogen and oxygen atoms in total. The average Bonchev–Trinajstić information content (AvgIpc) is 2.92. The summed E-state index contributed by atoms with van der Waals surface area (Å²) in [6, 6.07) is 10.3. The Morgan fingerprint density at radius 1 is 1.28 bits per heavy atom. The van der Waals surface area contributed by atoms with E-state index in [4.69, 9.17) is 0 Å². The van der Waals surface area contributed by atoms with Gasteiger partial charge in [0.15, 0.2) is 0 Å². The molecule has 0 atom stereocenters. The lowest BCUT2D eigenvalue weighted by Crippen LogP contribution is -2.04. The van der Waals surface area contributed by atoms with E-state index in [1.807, 2.05) is 25.2 Å². The first kappa shape index (κ1) is 11.3. The number of aromatic nitrogens is 2. The van der Waals surface area contributed by atoms with E-state index in [0.717, 1.165) is 23.5 Å².